The molecule has 6 nitrogen and oxygen atoms in total. The maximum Gasteiger partial charge on any atom is 0.221 e. The molecule has 2 aliphatic rings. The summed E-state index contributed by atoms with van der Waals surface area (Å²) in [5.74, 6) is 0.349. The van der Waals surface area contributed by atoms with E-state index in [9.17, 15) is 4.79 Å². The number of nitrogens with one attached hydrogen (secondary N) is 1. The highest BCUT2D eigenvalue weighted by atomic mass is 16.2. The first-order valence-corrected chi connectivity index (χ1v) is 9.09. The second-order valence-electron chi connectivity index (χ2n) is 7.50. The van der Waals surface area contributed by atoms with E-state index in [0.717, 1.165) is 38.0 Å². The first-order chi connectivity index (χ1) is 12.6. The number of piperidine rings is 1. The largest absolute Gasteiger partial charge is 0.350 e. The van der Waals surface area contributed by atoms with Gasteiger partial charge in [0.15, 0.2) is 0 Å². The number of aryl methyl sites for hydroxylation is 1. The Labute approximate surface area is 153 Å². The van der Waals surface area contributed by atoms with Gasteiger partial charge >= 0.3 is 0 Å². The van der Waals surface area contributed by atoms with Gasteiger partial charge in [-0.1, -0.05) is 12.1 Å². The second kappa shape index (κ2) is 6.58. The molecule has 4 rings (SSSR count). The molecule has 0 saturated carbocycles. The van der Waals surface area contributed by atoms with E-state index in [2.05, 4.69) is 27.5 Å². The molecule has 2 fully saturated rings. The second-order valence-corrected chi connectivity index (χ2v) is 7.50. The van der Waals surface area contributed by atoms with E-state index in [1.54, 1.807) is 0 Å². The van der Waals surface area contributed by atoms with Crippen LogP contribution < -0.4 is 5.32 Å². The lowest BCUT2D eigenvalue weighted by Gasteiger charge is -2.42. The van der Waals surface area contributed by atoms with Crippen molar-refractivity contribution >= 4 is 5.91 Å². The molecule has 1 spiro atoms. The minimum Gasteiger partial charge on any atom is -0.350 e. The highest BCUT2D eigenvalue weighted by molar-refractivity contribution is 5.81. The molecule has 2 aromatic rings. The Kier molecular flexibility index (Phi) is 4.25. The number of amides is 1. The van der Waals surface area contributed by atoms with Crippen LogP contribution in [0.15, 0.2) is 36.7 Å². The van der Waals surface area contributed by atoms with Crippen molar-refractivity contribution in [2.45, 2.75) is 37.3 Å². The van der Waals surface area contributed by atoms with Crippen LogP contribution in [0.3, 0.4) is 0 Å². The zero-order valence-electron chi connectivity index (χ0n) is 15.0. The molecule has 1 aromatic carbocycles. The third kappa shape index (κ3) is 3.11. The predicted molar refractivity (Wildman–Crippen MR) is 97.1 cm³/mol. The SMILES string of the molecule is Cn1cc([C@H]2CC(=O)NC23CCN(Cc2cccc(C#N)c2)CC3)cn1. The Morgan fingerprint density at radius 1 is 1.38 bits per heavy atom. The summed E-state index contributed by atoms with van der Waals surface area (Å²) in [5, 5.41) is 16.6. The van der Waals surface area contributed by atoms with Crippen LogP contribution in [0.5, 0.6) is 0 Å². The smallest absolute Gasteiger partial charge is 0.221 e. The van der Waals surface area contributed by atoms with Crippen LogP contribution in [0.4, 0.5) is 0 Å². The summed E-state index contributed by atoms with van der Waals surface area (Å²) >= 11 is 0. The normalized spacial score (nSPS) is 22.3. The zero-order valence-corrected chi connectivity index (χ0v) is 15.0. The molecule has 0 radical (unpaired) electrons. The summed E-state index contributed by atoms with van der Waals surface area (Å²) in [5.41, 5.74) is 2.88. The average molecular weight is 349 g/mol. The first-order valence-electron chi connectivity index (χ1n) is 9.09. The van der Waals surface area contributed by atoms with E-state index in [0.29, 0.717) is 12.0 Å². The summed E-state index contributed by atoms with van der Waals surface area (Å²) in [6.07, 6.45) is 6.36. The van der Waals surface area contributed by atoms with Gasteiger partial charge in [-0.05, 0) is 36.1 Å². The van der Waals surface area contributed by atoms with Crippen LogP contribution >= 0.6 is 0 Å². The summed E-state index contributed by atoms with van der Waals surface area (Å²) in [4.78, 5) is 14.6. The van der Waals surface area contributed by atoms with Gasteiger partial charge in [0, 0.05) is 50.8 Å². The van der Waals surface area contributed by atoms with Crippen LogP contribution in [-0.4, -0.2) is 39.2 Å². The van der Waals surface area contributed by atoms with Crippen LogP contribution in [0.1, 0.15) is 41.9 Å². The molecule has 0 unspecified atom stereocenters. The molecule has 134 valence electrons. The Morgan fingerprint density at radius 3 is 2.88 bits per heavy atom. The number of benzene rings is 1. The number of aromatic nitrogens is 2. The number of hydrogen-bond acceptors (Lipinski definition) is 4. The third-order valence-electron chi connectivity index (χ3n) is 5.78. The molecule has 26 heavy (non-hydrogen) atoms. The zero-order chi connectivity index (χ0) is 18.1. The van der Waals surface area contributed by atoms with E-state index >= 15 is 0 Å². The molecule has 0 bridgehead atoms. The van der Waals surface area contributed by atoms with Gasteiger partial charge in [-0.15, -0.1) is 0 Å². The highest BCUT2D eigenvalue weighted by Gasteiger charge is 2.48. The Balaban J connectivity index is 1.46. The Morgan fingerprint density at radius 2 is 2.19 bits per heavy atom. The van der Waals surface area contributed by atoms with Gasteiger partial charge < -0.3 is 5.32 Å². The van der Waals surface area contributed by atoms with Crippen molar-refractivity contribution in [1.29, 1.82) is 5.26 Å². The number of likely N-dealkylation sites (tertiary alicyclic amines) is 1. The summed E-state index contributed by atoms with van der Waals surface area (Å²) in [6, 6.07) is 10.0. The maximum atomic E-state index is 12.2. The van der Waals surface area contributed by atoms with Crippen molar-refractivity contribution in [2.24, 2.45) is 7.05 Å². The van der Waals surface area contributed by atoms with Crippen LogP contribution in [0.2, 0.25) is 0 Å². The van der Waals surface area contributed by atoms with Gasteiger partial charge in [-0.2, -0.15) is 10.4 Å². The van der Waals surface area contributed by atoms with Crippen molar-refractivity contribution in [3.63, 3.8) is 0 Å². The van der Waals surface area contributed by atoms with E-state index in [-0.39, 0.29) is 17.4 Å². The van der Waals surface area contributed by atoms with E-state index in [1.807, 2.05) is 42.3 Å². The molecule has 6 heteroatoms. The molecule has 0 aliphatic carbocycles. The number of carbonyl (C=O) groups is 1. The van der Waals surface area contributed by atoms with Crippen molar-refractivity contribution in [3.05, 3.63) is 53.3 Å². The van der Waals surface area contributed by atoms with E-state index < -0.39 is 0 Å². The van der Waals surface area contributed by atoms with Gasteiger partial charge in [0.2, 0.25) is 5.91 Å². The standard InChI is InChI=1S/C20H23N5O/c1-24-14-17(12-22-24)18-10-19(26)23-20(18)5-7-25(8-6-20)13-16-4-2-3-15(9-16)11-21/h2-4,9,12,14,18H,5-8,10,13H2,1H3,(H,23,26)/t18-/m1/s1. The molecule has 2 saturated heterocycles. The average Bonchev–Trinajstić information content (AvgIpc) is 3.20. The third-order valence-corrected chi connectivity index (χ3v) is 5.78. The number of hydrogen-bond donors (Lipinski definition) is 1. The quantitative estimate of drug-likeness (QED) is 0.919. The monoisotopic (exact) mass is 349 g/mol. The molecule has 1 aromatic heterocycles. The molecular formula is C20H23N5O. The molecule has 1 atom stereocenters. The van der Waals surface area contributed by atoms with Gasteiger partial charge in [0.25, 0.3) is 0 Å². The molecule has 1 amide bonds. The summed E-state index contributed by atoms with van der Waals surface area (Å²) in [7, 11) is 1.92. The highest BCUT2D eigenvalue weighted by Crippen LogP contribution is 2.43. The maximum absolute atomic E-state index is 12.2. The van der Waals surface area contributed by atoms with Gasteiger partial charge in [-0.25, -0.2) is 0 Å². The molecule has 1 N–H and O–H groups in total. The Hall–Kier alpha value is -2.65. The van der Waals surface area contributed by atoms with Crippen LogP contribution in [-0.2, 0) is 18.4 Å². The summed E-state index contributed by atoms with van der Waals surface area (Å²) < 4.78 is 1.81. The van der Waals surface area contributed by atoms with E-state index in [1.165, 1.54) is 5.56 Å². The molecular weight excluding hydrogens is 326 g/mol. The van der Waals surface area contributed by atoms with Gasteiger partial charge in [0.1, 0.15) is 0 Å². The van der Waals surface area contributed by atoms with Crippen LogP contribution in [0.25, 0.3) is 0 Å². The predicted octanol–water partition coefficient (Wildman–Crippen LogP) is 1.93. The number of rotatable bonds is 3. The number of carbonyl (C=O) groups excluding carboxylic acids is 1. The number of nitrogens with zero attached hydrogens (tertiary/aromatic N) is 4. The molecule has 3 heterocycles. The fourth-order valence-corrected chi connectivity index (χ4v) is 4.43. The molecule has 2 aliphatic heterocycles. The van der Waals surface area contributed by atoms with Gasteiger partial charge in [-0.3, -0.25) is 14.4 Å². The van der Waals surface area contributed by atoms with Crippen molar-refractivity contribution in [3.8, 4) is 6.07 Å². The van der Waals surface area contributed by atoms with E-state index in [4.69, 9.17) is 5.26 Å². The summed E-state index contributed by atoms with van der Waals surface area (Å²) in [6.45, 7) is 2.72. The number of nitriles is 1. The van der Waals surface area contributed by atoms with Crippen molar-refractivity contribution < 1.29 is 4.79 Å². The van der Waals surface area contributed by atoms with Crippen LogP contribution in [0, 0.1) is 11.3 Å². The topological polar surface area (TPSA) is 74.0 Å². The lowest BCUT2D eigenvalue weighted by Crippen LogP contribution is -2.53. The minimum atomic E-state index is -0.148. The fraction of sp³-hybridized carbons (Fsp3) is 0.450. The Bertz CT molecular complexity index is 857. The van der Waals surface area contributed by atoms with Crippen molar-refractivity contribution in [2.75, 3.05) is 13.1 Å². The van der Waals surface area contributed by atoms with Gasteiger partial charge in [0.05, 0.1) is 17.8 Å². The fourth-order valence-electron chi connectivity index (χ4n) is 4.43. The minimum absolute atomic E-state index is 0.147. The first kappa shape index (κ1) is 16.8. The van der Waals surface area contributed by atoms with Crippen molar-refractivity contribution in [1.82, 2.24) is 20.0 Å². The lowest BCUT2D eigenvalue weighted by molar-refractivity contribution is -0.120. The lowest BCUT2D eigenvalue weighted by atomic mass is 9.75.